The van der Waals surface area contributed by atoms with Crippen molar-refractivity contribution in [1.29, 1.82) is 0 Å². The van der Waals surface area contributed by atoms with Gasteiger partial charge in [0.2, 0.25) is 0 Å². The zero-order valence-electron chi connectivity index (χ0n) is 9.70. The highest BCUT2D eigenvalue weighted by atomic mass is 16.4. The number of nitrogens with zero attached hydrogens (tertiary/aromatic N) is 1. The molecule has 4 nitrogen and oxygen atoms in total. The molecular formula is C11H22N2O2. The molecule has 1 saturated carbocycles. The Morgan fingerprint density at radius 1 is 1.47 bits per heavy atom. The maximum Gasteiger partial charge on any atom is 0.306 e. The first-order valence-corrected chi connectivity index (χ1v) is 5.69. The minimum absolute atomic E-state index is 0.114. The smallest absolute Gasteiger partial charge is 0.306 e. The lowest BCUT2D eigenvalue weighted by Gasteiger charge is -2.17. The van der Waals surface area contributed by atoms with E-state index in [1.165, 1.54) is 0 Å². The first-order chi connectivity index (χ1) is 7.11. The van der Waals surface area contributed by atoms with Crippen LogP contribution in [0.3, 0.4) is 0 Å². The standard InChI is InChI=1S/C11H22N2O2/c1-13(2)7-6-12-8-9-4-3-5-10(9)11(14)15/h9-10,12H,3-8H2,1-2H3,(H,14,15). The van der Waals surface area contributed by atoms with Crippen LogP contribution in [-0.2, 0) is 4.79 Å². The van der Waals surface area contributed by atoms with Gasteiger partial charge in [-0.15, -0.1) is 0 Å². The molecule has 0 amide bonds. The van der Waals surface area contributed by atoms with Gasteiger partial charge in [-0.05, 0) is 39.4 Å². The summed E-state index contributed by atoms with van der Waals surface area (Å²) in [6, 6.07) is 0. The molecule has 0 bridgehead atoms. The summed E-state index contributed by atoms with van der Waals surface area (Å²) in [5.74, 6) is -0.395. The Morgan fingerprint density at radius 3 is 2.80 bits per heavy atom. The third-order valence-corrected chi connectivity index (χ3v) is 3.12. The maximum atomic E-state index is 10.9. The monoisotopic (exact) mass is 214 g/mol. The summed E-state index contributed by atoms with van der Waals surface area (Å²) in [5, 5.41) is 12.3. The molecule has 1 rings (SSSR count). The van der Waals surface area contributed by atoms with Gasteiger partial charge in [-0.1, -0.05) is 6.42 Å². The zero-order chi connectivity index (χ0) is 11.3. The van der Waals surface area contributed by atoms with Crippen LogP contribution in [0.2, 0.25) is 0 Å². The number of rotatable bonds is 6. The van der Waals surface area contributed by atoms with Crippen LogP contribution >= 0.6 is 0 Å². The molecule has 15 heavy (non-hydrogen) atoms. The van der Waals surface area contributed by atoms with E-state index in [0.717, 1.165) is 38.9 Å². The highest BCUT2D eigenvalue weighted by Gasteiger charge is 2.32. The van der Waals surface area contributed by atoms with Crippen LogP contribution in [0.5, 0.6) is 0 Å². The van der Waals surface area contributed by atoms with E-state index in [0.29, 0.717) is 5.92 Å². The Kier molecular flexibility index (Phi) is 5.05. The highest BCUT2D eigenvalue weighted by molar-refractivity contribution is 5.70. The van der Waals surface area contributed by atoms with Crippen LogP contribution in [0, 0.1) is 11.8 Å². The number of hydrogen-bond donors (Lipinski definition) is 2. The van der Waals surface area contributed by atoms with E-state index >= 15 is 0 Å². The second-order valence-electron chi connectivity index (χ2n) is 4.64. The molecule has 0 radical (unpaired) electrons. The van der Waals surface area contributed by atoms with Gasteiger partial charge < -0.3 is 15.3 Å². The Bertz CT molecular complexity index is 207. The van der Waals surface area contributed by atoms with Crippen LogP contribution in [0.25, 0.3) is 0 Å². The van der Waals surface area contributed by atoms with Gasteiger partial charge in [0.05, 0.1) is 5.92 Å². The van der Waals surface area contributed by atoms with Crippen molar-refractivity contribution in [1.82, 2.24) is 10.2 Å². The second-order valence-corrected chi connectivity index (χ2v) is 4.64. The maximum absolute atomic E-state index is 10.9. The number of hydrogen-bond acceptors (Lipinski definition) is 3. The van der Waals surface area contributed by atoms with Crippen molar-refractivity contribution in [2.75, 3.05) is 33.7 Å². The van der Waals surface area contributed by atoms with Gasteiger partial charge in [0.15, 0.2) is 0 Å². The number of nitrogens with one attached hydrogen (secondary N) is 1. The van der Waals surface area contributed by atoms with E-state index in [4.69, 9.17) is 5.11 Å². The van der Waals surface area contributed by atoms with E-state index in [-0.39, 0.29) is 5.92 Å². The van der Waals surface area contributed by atoms with Crippen LogP contribution in [-0.4, -0.2) is 49.7 Å². The second kappa shape index (κ2) is 6.08. The molecular weight excluding hydrogens is 192 g/mol. The fourth-order valence-corrected chi connectivity index (χ4v) is 2.20. The van der Waals surface area contributed by atoms with Crippen LogP contribution in [0.1, 0.15) is 19.3 Å². The van der Waals surface area contributed by atoms with Crippen LogP contribution in [0.4, 0.5) is 0 Å². The normalized spacial score (nSPS) is 26.1. The molecule has 2 unspecified atom stereocenters. The van der Waals surface area contributed by atoms with Crippen molar-refractivity contribution in [3.05, 3.63) is 0 Å². The van der Waals surface area contributed by atoms with E-state index in [2.05, 4.69) is 10.2 Å². The van der Waals surface area contributed by atoms with Gasteiger partial charge in [0, 0.05) is 13.1 Å². The minimum atomic E-state index is -0.619. The summed E-state index contributed by atoms with van der Waals surface area (Å²) >= 11 is 0. The number of carboxylic acid groups (broad SMARTS) is 1. The predicted molar refractivity (Wildman–Crippen MR) is 59.9 cm³/mol. The number of carboxylic acids is 1. The first kappa shape index (κ1) is 12.5. The number of likely N-dealkylation sites (N-methyl/N-ethyl adjacent to an activating group) is 1. The van der Waals surface area contributed by atoms with Crippen LogP contribution in [0.15, 0.2) is 0 Å². The summed E-state index contributed by atoms with van der Waals surface area (Å²) in [7, 11) is 4.08. The summed E-state index contributed by atoms with van der Waals surface area (Å²) < 4.78 is 0. The molecule has 0 aromatic rings. The summed E-state index contributed by atoms with van der Waals surface area (Å²) in [6.45, 7) is 2.80. The Morgan fingerprint density at radius 2 is 2.20 bits per heavy atom. The molecule has 88 valence electrons. The van der Waals surface area contributed by atoms with Gasteiger partial charge in [0.25, 0.3) is 0 Å². The largest absolute Gasteiger partial charge is 0.481 e. The Labute approximate surface area is 91.6 Å². The summed E-state index contributed by atoms with van der Waals surface area (Å²) in [6.07, 6.45) is 2.98. The molecule has 0 saturated heterocycles. The summed E-state index contributed by atoms with van der Waals surface area (Å²) in [5.41, 5.74) is 0. The van der Waals surface area contributed by atoms with E-state index in [1.807, 2.05) is 14.1 Å². The zero-order valence-corrected chi connectivity index (χ0v) is 9.70. The van der Waals surface area contributed by atoms with Crippen molar-refractivity contribution >= 4 is 5.97 Å². The predicted octanol–water partition coefficient (Wildman–Crippen LogP) is 0.639. The lowest BCUT2D eigenvalue weighted by Crippen LogP contribution is -2.33. The van der Waals surface area contributed by atoms with Gasteiger partial charge >= 0.3 is 5.97 Å². The molecule has 4 heteroatoms. The van der Waals surface area contributed by atoms with Gasteiger partial charge in [0.1, 0.15) is 0 Å². The quantitative estimate of drug-likeness (QED) is 0.637. The Hall–Kier alpha value is -0.610. The molecule has 0 aliphatic heterocycles. The molecule has 1 aliphatic carbocycles. The third kappa shape index (κ3) is 4.18. The Balaban J connectivity index is 2.17. The molecule has 0 aromatic heterocycles. The van der Waals surface area contributed by atoms with Crippen molar-refractivity contribution in [3.8, 4) is 0 Å². The highest BCUT2D eigenvalue weighted by Crippen LogP contribution is 2.31. The third-order valence-electron chi connectivity index (χ3n) is 3.12. The van der Waals surface area contributed by atoms with Crippen molar-refractivity contribution in [3.63, 3.8) is 0 Å². The lowest BCUT2D eigenvalue weighted by atomic mass is 9.96. The average molecular weight is 214 g/mol. The average Bonchev–Trinajstić information content (AvgIpc) is 2.60. The van der Waals surface area contributed by atoms with E-state index < -0.39 is 5.97 Å². The molecule has 0 aromatic carbocycles. The first-order valence-electron chi connectivity index (χ1n) is 5.69. The van der Waals surface area contributed by atoms with Crippen molar-refractivity contribution < 1.29 is 9.90 Å². The van der Waals surface area contributed by atoms with Gasteiger partial charge in [-0.3, -0.25) is 4.79 Å². The molecule has 0 heterocycles. The molecule has 2 atom stereocenters. The van der Waals surface area contributed by atoms with Gasteiger partial charge in [-0.2, -0.15) is 0 Å². The SMILES string of the molecule is CN(C)CCNCC1CCCC1C(=O)O. The topological polar surface area (TPSA) is 52.6 Å². The van der Waals surface area contributed by atoms with Crippen LogP contribution < -0.4 is 5.32 Å². The molecule has 1 fully saturated rings. The molecule has 2 N–H and O–H groups in total. The van der Waals surface area contributed by atoms with E-state index in [9.17, 15) is 4.79 Å². The fraction of sp³-hybridized carbons (Fsp3) is 0.909. The minimum Gasteiger partial charge on any atom is -0.481 e. The lowest BCUT2D eigenvalue weighted by molar-refractivity contribution is -0.142. The molecule has 1 aliphatic rings. The van der Waals surface area contributed by atoms with Gasteiger partial charge in [-0.25, -0.2) is 0 Å². The summed E-state index contributed by atoms with van der Waals surface area (Å²) in [4.78, 5) is 13.0. The molecule has 0 spiro atoms. The van der Waals surface area contributed by atoms with Crippen molar-refractivity contribution in [2.45, 2.75) is 19.3 Å². The van der Waals surface area contributed by atoms with Crippen molar-refractivity contribution in [2.24, 2.45) is 11.8 Å². The number of aliphatic carboxylic acids is 1. The number of carbonyl (C=O) groups is 1. The fourth-order valence-electron chi connectivity index (χ4n) is 2.20. The van der Waals surface area contributed by atoms with E-state index in [1.54, 1.807) is 0 Å².